The summed E-state index contributed by atoms with van der Waals surface area (Å²) in [6.45, 7) is 3.08. The second-order valence-electron chi connectivity index (χ2n) is 7.86. The first-order valence-corrected chi connectivity index (χ1v) is 10.6. The number of hydrogen-bond acceptors (Lipinski definition) is 7. The lowest BCUT2D eigenvalue weighted by Gasteiger charge is -2.23. The van der Waals surface area contributed by atoms with E-state index in [-0.39, 0.29) is 12.6 Å². The van der Waals surface area contributed by atoms with Crippen LogP contribution in [0.2, 0.25) is 0 Å². The first-order chi connectivity index (χ1) is 15.6. The van der Waals surface area contributed by atoms with Crippen LogP contribution in [0.3, 0.4) is 0 Å². The summed E-state index contributed by atoms with van der Waals surface area (Å²) in [5, 5.41) is 17.6. The number of pyridine rings is 1. The van der Waals surface area contributed by atoms with E-state index in [1.54, 1.807) is 6.20 Å². The Labute approximate surface area is 184 Å². The number of aliphatic hydroxyl groups excluding tert-OH is 1. The van der Waals surface area contributed by atoms with Crippen molar-refractivity contribution in [1.82, 2.24) is 19.9 Å². The van der Waals surface area contributed by atoms with Gasteiger partial charge in [0.15, 0.2) is 17.5 Å². The Morgan fingerprint density at radius 2 is 2.12 bits per heavy atom. The van der Waals surface area contributed by atoms with Gasteiger partial charge in [0.2, 0.25) is 0 Å². The van der Waals surface area contributed by atoms with Gasteiger partial charge < -0.3 is 25.6 Å². The standard InChI is InChI=1S/C23H24FN7O/c1-14(12-32)31-13-28-20-22(26-7-6-15-10-27-19-5-3-2-4-18(15)19)29-21(30-23(20)31)16-8-17(24)11-25-9-16/h2-5,8-11,14,27-28,32H,6-7,12-13H2,1H3,(H,26,29,30)/t14-/m1/s1. The molecule has 4 heterocycles. The van der Waals surface area contributed by atoms with Crippen LogP contribution in [0.5, 0.6) is 0 Å². The minimum Gasteiger partial charge on any atom is -0.394 e. The van der Waals surface area contributed by atoms with Crippen molar-refractivity contribution in [2.24, 2.45) is 0 Å². The van der Waals surface area contributed by atoms with E-state index in [0.717, 1.165) is 23.8 Å². The molecule has 0 radical (unpaired) electrons. The molecular formula is C23H24FN7O. The lowest BCUT2D eigenvalue weighted by atomic mass is 10.1. The summed E-state index contributed by atoms with van der Waals surface area (Å²) in [5.74, 6) is 1.25. The van der Waals surface area contributed by atoms with Crippen molar-refractivity contribution in [2.45, 2.75) is 19.4 Å². The molecule has 1 aliphatic heterocycles. The Balaban J connectivity index is 1.45. The molecule has 0 saturated carbocycles. The average Bonchev–Trinajstić information content (AvgIpc) is 3.43. The normalized spacial score (nSPS) is 13.8. The number of anilines is 3. The molecule has 5 rings (SSSR count). The largest absolute Gasteiger partial charge is 0.394 e. The number of aromatic nitrogens is 4. The maximum atomic E-state index is 13.8. The highest BCUT2D eigenvalue weighted by molar-refractivity contribution is 5.84. The molecule has 0 amide bonds. The molecule has 4 aromatic rings. The predicted octanol–water partition coefficient (Wildman–Crippen LogP) is 3.38. The fourth-order valence-electron chi connectivity index (χ4n) is 3.97. The molecule has 4 N–H and O–H groups in total. The molecule has 0 unspecified atom stereocenters. The van der Waals surface area contributed by atoms with Crippen molar-refractivity contribution in [3.8, 4) is 11.4 Å². The maximum absolute atomic E-state index is 13.8. The number of rotatable bonds is 7. The Morgan fingerprint density at radius 1 is 1.25 bits per heavy atom. The molecule has 0 aliphatic carbocycles. The van der Waals surface area contributed by atoms with Crippen molar-refractivity contribution >= 4 is 28.2 Å². The van der Waals surface area contributed by atoms with Crippen LogP contribution >= 0.6 is 0 Å². The van der Waals surface area contributed by atoms with Gasteiger partial charge in [-0.1, -0.05) is 18.2 Å². The lowest BCUT2D eigenvalue weighted by molar-refractivity contribution is 0.268. The van der Waals surface area contributed by atoms with Crippen molar-refractivity contribution in [3.63, 3.8) is 0 Å². The van der Waals surface area contributed by atoms with Crippen molar-refractivity contribution < 1.29 is 9.50 Å². The quantitative estimate of drug-likeness (QED) is 0.354. The van der Waals surface area contributed by atoms with Gasteiger partial charge in [-0.3, -0.25) is 4.98 Å². The number of aromatic amines is 1. The summed E-state index contributed by atoms with van der Waals surface area (Å²) >= 11 is 0. The maximum Gasteiger partial charge on any atom is 0.165 e. The zero-order valence-electron chi connectivity index (χ0n) is 17.6. The van der Waals surface area contributed by atoms with Gasteiger partial charge in [0, 0.05) is 35.4 Å². The number of halogens is 1. The van der Waals surface area contributed by atoms with E-state index in [2.05, 4.69) is 42.7 Å². The number of aliphatic hydroxyl groups is 1. The fraction of sp³-hybridized carbons (Fsp3) is 0.261. The second-order valence-corrected chi connectivity index (χ2v) is 7.86. The summed E-state index contributed by atoms with van der Waals surface area (Å²) in [5.41, 5.74) is 3.60. The van der Waals surface area contributed by atoms with Gasteiger partial charge in [-0.25, -0.2) is 14.4 Å². The van der Waals surface area contributed by atoms with Crippen LogP contribution in [0.1, 0.15) is 12.5 Å². The molecule has 32 heavy (non-hydrogen) atoms. The molecule has 0 spiro atoms. The zero-order chi connectivity index (χ0) is 22.1. The average molecular weight is 433 g/mol. The Hall–Kier alpha value is -3.72. The minimum atomic E-state index is -0.445. The van der Waals surface area contributed by atoms with E-state index in [4.69, 9.17) is 0 Å². The number of H-pyrrole nitrogens is 1. The van der Waals surface area contributed by atoms with Gasteiger partial charge >= 0.3 is 0 Å². The first-order valence-electron chi connectivity index (χ1n) is 10.6. The van der Waals surface area contributed by atoms with Crippen LogP contribution < -0.4 is 15.5 Å². The smallest absolute Gasteiger partial charge is 0.165 e. The highest BCUT2D eigenvalue weighted by Crippen LogP contribution is 2.38. The molecular weight excluding hydrogens is 409 g/mol. The summed E-state index contributed by atoms with van der Waals surface area (Å²) in [7, 11) is 0. The SMILES string of the molecule is C[C@H](CO)N1CNc2c(NCCc3c[nH]c4ccccc34)nc(-c3cncc(F)c3)nc21. The third-order valence-electron chi connectivity index (χ3n) is 5.71. The number of nitrogens with zero attached hydrogens (tertiary/aromatic N) is 4. The minimum absolute atomic E-state index is 0.00863. The molecule has 9 heteroatoms. The predicted molar refractivity (Wildman–Crippen MR) is 123 cm³/mol. The second kappa shape index (κ2) is 8.43. The first kappa shape index (κ1) is 20.2. The molecule has 0 fully saturated rings. The molecule has 1 aliphatic rings. The lowest BCUT2D eigenvalue weighted by Crippen LogP contribution is -2.35. The summed E-state index contributed by atoms with van der Waals surface area (Å²) in [6.07, 6.45) is 5.53. The van der Waals surface area contributed by atoms with Crippen LogP contribution in [0.25, 0.3) is 22.3 Å². The number of fused-ring (bicyclic) bond motifs is 2. The van der Waals surface area contributed by atoms with E-state index in [9.17, 15) is 9.50 Å². The summed E-state index contributed by atoms with van der Waals surface area (Å²) < 4.78 is 13.8. The van der Waals surface area contributed by atoms with Crippen LogP contribution in [0.15, 0.2) is 48.9 Å². The van der Waals surface area contributed by atoms with Gasteiger partial charge in [-0.15, -0.1) is 0 Å². The summed E-state index contributed by atoms with van der Waals surface area (Å²) in [4.78, 5) is 18.5. The number of para-hydroxylation sites is 1. The Bertz CT molecular complexity index is 1260. The molecule has 0 saturated heterocycles. The Morgan fingerprint density at radius 3 is 2.97 bits per heavy atom. The van der Waals surface area contributed by atoms with E-state index >= 15 is 0 Å². The molecule has 3 aromatic heterocycles. The highest BCUT2D eigenvalue weighted by atomic mass is 19.1. The fourth-order valence-corrected chi connectivity index (χ4v) is 3.97. The number of hydrogen-bond donors (Lipinski definition) is 4. The van der Waals surface area contributed by atoms with Gasteiger partial charge in [-0.2, -0.15) is 0 Å². The van der Waals surface area contributed by atoms with Gasteiger partial charge in [0.1, 0.15) is 11.5 Å². The van der Waals surface area contributed by atoms with Gasteiger partial charge in [-0.05, 0) is 31.0 Å². The molecule has 0 bridgehead atoms. The molecule has 1 atom stereocenters. The summed E-state index contributed by atoms with van der Waals surface area (Å²) in [6, 6.07) is 9.45. The van der Waals surface area contributed by atoms with Gasteiger partial charge in [0.05, 0.1) is 25.5 Å². The monoisotopic (exact) mass is 433 g/mol. The van der Waals surface area contributed by atoms with Crippen LogP contribution in [-0.4, -0.2) is 50.9 Å². The van der Waals surface area contributed by atoms with E-state index in [1.165, 1.54) is 17.0 Å². The topological polar surface area (TPSA) is 102 Å². The van der Waals surface area contributed by atoms with Crippen LogP contribution in [0, 0.1) is 5.82 Å². The molecule has 164 valence electrons. The van der Waals surface area contributed by atoms with Crippen molar-refractivity contribution in [1.29, 1.82) is 0 Å². The number of benzene rings is 1. The van der Waals surface area contributed by atoms with Crippen LogP contribution in [0.4, 0.5) is 21.7 Å². The zero-order valence-corrected chi connectivity index (χ0v) is 17.6. The number of nitrogens with one attached hydrogen (secondary N) is 3. The molecule has 8 nitrogen and oxygen atoms in total. The van der Waals surface area contributed by atoms with Gasteiger partial charge in [0.25, 0.3) is 0 Å². The van der Waals surface area contributed by atoms with Crippen molar-refractivity contribution in [2.75, 3.05) is 35.4 Å². The Kier molecular flexibility index (Phi) is 5.32. The van der Waals surface area contributed by atoms with E-state index in [1.807, 2.05) is 30.2 Å². The molecule has 1 aromatic carbocycles. The highest BCUT2D eigenvalue weighted by Gasteiger charge is 2.28. The van der Waals surface area contributed by atoms with Crippen molar-refractivity contribution in [3.05, 3.63) is 60.3 Å². The third kappa shape index (κ3) is 3.71. The van der Waals surface area contributed by atoms with E-state index in [0.29, 0.717) is 36.2 Å². The third-order valence-corrected chi connectivity index (χ3v) is 5.71. The van der Waals surface area contributed by atoms with Crippen LogP contribution in [-0.2, 0) is 6.42 Å². The van der Waals surface area contributed by atoms with E-state index < -0.39 is 5.82 Å².